The Bertz CT molecular complexity index is 596. The number of aliphatic hydroxyl groups is 1. The van der Waals surface area contributed by atoms with E-state index in [-0.39, 0.29) is 17.8 Å². The number of hydrogen-bond donors (Lipinski definition) is 2. The van der Waals surface area contributed by atoms with E-state index < -0.39 is 0 Å². The van der Waals surface area contributed by atoms with E-state index in [9.17, 15) is 9.50 Å². The summed E-state index contributed by atoms with van der Waals surface area (Å²) in [5.41, 5.74) is 0.423. The topological polar surface area (TPSA) is 67.3 Å². The number of nitrogens with zero attached hydrogens (tertiary/aromatic N) is 2. The lowest BCUT2D eigenvalue weighted by molar-refractivity contribution is -0.128. The van der Waals surface area contributed by atoms with Gasteiger partial charge in [0.15, 0.2) is 0 Å². The van der Waals surface area contributed by atoms with Gasteiger partial charge in [-0.2, -0.15) is 0 Å². The Labute approximate surface area is 109 Å². The van der Waals surface area contributed by atoms with Crippen molar-refractivity contribution in [3.63, 3.8) is 0 Å². The molecule has 0 atom stereocenters. The molecule has 3 rings (SSSR count). The van der Waals surface area contributed by atoms with Gasteiger partial charge in [0, 0.05) is 11.9 Å². The molecule has 1 aromatic heterocycles. The Morgan fingerprint density at radius 2 is 2.21 bits per heavy atom. The number of fused-ring (bicyclic) bond motifs is 1. The SMILES string of the molecule is OCC1(CNc2ncnc3ccc(F)cc23)COC1. The standard InChI is InChI=1S/C13H14FN3O2/c14-9-1-2-11-10(3-9)12(17-8-16-11)15-4-13(5-18)6-19-7-13/h1-3,8,18H,4-7H2,(H,15,16,17). The number of benzene rings is 1. The minimum atomic E-state index is -0.325. The molecule has 0 saturated carbocycles. The lowest BCUT2D eigenvalue weighted by Gasteiger charge is -2.40. The van der Waals surface area contributed by atoms with Gasteiger partial charge in [-0.25, -0.2) is 14.4 Å². The van der Waals surface area contributed by atoms with Crippen LogP contribution in [-0.2, 0) is 4.74 Å². The molecule has 1 aliphatic rings. The van der Waals surface area contributed by atoms with Gasteiger partial charge < -0.3 is 15.2 Å². The molecule has 2 aromatic rings. The molecular formula is C13H14FN3O2. The molecule has 0 bridgehead atoms. The molecule has 1 aromatic carbocycles. The second kappa shape index (κ2) is 4.71. The van der Waals surface area contributed by atoms with E-state index in [1.54, 1.807) is 6.07 Å². The molecular weight excluding hydrogens is 249 g/mol. The average molecular weight is 263 g/mol. The third kappa shape index (κ3) is 2.24. The Kier molecular flexibility index (Phi) is 3.04. The second-order valence-electron chi connectivity index (χ2n) is 4.89. The van der Waals surface area contributed by atoms with Gasteiger partial charge in [-0.05, 0) is 18.2 Å². The van der Waals surface area contributed by atoms with Crippen molar-refractivity contribution in [1.82, 2.24) is 9.97 Å². The predicted octanol–water partition coefficient (Wildman–Crippen LogP) is 1.19. The van der Waals surface area contributed by atoms with Crippen LogP contribution in [0.4, 0.5) is 10.2 Å². The highest BCUT2D eigenvalue weighted by molar-refractivity contribution is 5.88. The van der Waals surface area contributed by atoms with Crippen LogP contribution < -0.4 is 5.32 Å². The van der Waals surface area contributed by atoms with Gasteiger partial charge in [-0.1, -0.05) is 0 Å². The van der Waals surface area contributed by atoms with Crippen LogP contribution in [0.1, 0.15) is 0 Å². The first kappa shape index (κ1) is 12.3. The van der Waals surface area contributed by atoms with E-state index in [4.69, 9.17) is 4.74 Å². The molecule has 1 saturated heterocycles. The molecule has 0 radical (unpaired) electrons. The lowest BCUT2D eigenvalue weighted by atomic mass is 9.87. The van der Waals surface area contributed by atoms with Crippen LogP contribution in [0, 0.1) is 11.2 Å². The summed E-state index contributed by atoms with van der Waals surface area (Å²) in [7, 11) is 0. The summed E-state index contributed by atoms with van der Waals surface area (Å²) >= 11 is 0. The minimum absolute atomic E-state index is 0.0530. The fourth-order valence-corrected chi connectivity index (χ4v) is 2.08. The summed E-state index contributed by atoms with van der Waals surface area (Å²) in [4.78, 5) is 8.22. The van der Waals surface area contributed by atoms with Crippen molar-refractivity contribution in [3.05, 3.63) is 30.3 Å². The number of halogens is 1. The molecule has 19 heavy (non-hydrogen) atoms. The largest absolute Gasteiger partial charge is 0.396 e. The number of aromatic nitrogens is 2. The summed E-state index contributed by atoms with van der Waals surface area (Å²) in [5.74, 6) is 0.249. The van der Waals surface area contributed by atoms with E-state index >= 15 is 0 Å². The van der Waals surface area contributed by atoms with Crippen molar-refractivity contribution in [2.75, 3.05) is 31.7 Å². The number of rotatable bonds is 4. The maximum absolute atomic E-state index is 13.3. The van der Waals surface area contributed by atoms with Gasteiger partial charge in [-0.3, -0.25) is 0 Å². The zero-order chi connectivity index (χ0) is 13.3. The van der Waals surface area contributed by atoms with E-state index in [0.717, 1.165) is 0 Å². The summed E-state index contributed by atoms with van der Waals surface area (Å²) in [5, 5.41) is 13.1. The second-order valence-corrected chi connectivity index (χ2v) is 4.89. The Morgan fingerprint density at radius 1 is 1.37 bits per heavy atom. The highest BCUT2D eigenvalue weighted by Crippen LogP contribution is 2.28. The molecule has 100 valence electrons. The molecule has 2 heterocycles. The van der Waals surface area contributed by atoms with E-state index in [1.807, 2.05) is 0 Å². The van der Waals surface area contributed by atoms with Crippen LogP contribution in [0.25, 0.3) is 10.9 Å². The van der Waals surface area contributed by atoms with E-state index in [0.29, 0.717) is 36.5 Å². The lowest BCUT2D eigenvalue weighted by Crippen LogP contribution is -2.50. The summed E-state index contributed by atoms with van der Waals surface area (Å²) in [6.45, 7) is 1.63. The van der Waals surface area contributed by atoms with Crippen molar-refractivity contribution in [1.29, 1.82) is 0 Å². The van der Waals surface area contributed by atoms with Crippen molar-refractivity contribution in [2.45, 2.75) is 0 Å². The highest BCUT2D eigenvalue weighted by Gasteiger charge is 2.38. The Morgan fingerprint density at radius 3 is 2.89 bits per heavy atom. The number of ether oxygens (including phenoxy) is 1. The molecule has 6 heteroatoms. The van der Waals surface area contributed by atoms with Gasteiger partial charge in [-0.15, -0.1) is 0 Å². The summed E-state index contributed by atoms with van der Waals surface area (Å²) in [6.07, 6.45) is 1.44. The van der Waals surface area contributed by atoms with Crippen molar-refractivity contribution < 1.29 is 14.2 Å². The van der Waals surface area contributed by atoms with Crippen LogP contribution in [0.5, 0.6) is 0 Å². The van der Waals surface area contributed by atoms with E-state index in [1.165, 1.54) is 18.5 Å². The number of nitrogens with one attached hydrogen (secondary N) is 1. The van der Waals surface area contributed by atoms with Crippen LogP contribution in [0.15, 0.2) is 24.5 Å². The third-order valence-electron chi connectivity index (χ3n) is 3.38. The zero-order valence-electron chi connectivity index (χ0n) is 10.3. The van der Waals surface area contributed by atoms with E-state index in [2.05, 4.69) is 15.3 Å². The maximum atomic E-state index is 13.3. The van der Waals surface area contributed by atoms with Crippen molar-refractivity contribution >= 4 is 16.7 Å². The van der Waals surface area contributed by atoms with Crippen LogP contribution in [0.3, 0.4) is 0 Å². The first-order chi connectivity index (χ1) is 9.22. The minimum Gasteiger partial charge on any atom is -0.396 e. The number of aliphatic hydroxyl groups excluding tert-OH is 1. The molecule has 1 fully saturated rings. The number of anilines is 1. The molecule has 0 spiro atoms. The van der Waals surface area contributed by atoms with Gasteiger partial charge in [0.1, 0.15) is 18.0 Å². The van der Waals surface area contributed by atoms with Crippen LogP contribution >= 0.6 is 0 Å². The van der Waals surface area contributed by atoms with Crippen molar-refractivity contribution in [2.24, 2.45) is 5.41 Å². The zero-order valence-corrected chi connectivity index (χ0v) is 10.3. The molecule has 5 nitrogen and oxygen atoms in total. The highest BCUT2D eigenvalue weighted by atomic mass is 19.1. The maximum Gasteiger partial charge on any atom is 0.137 e. The molecule has 0 unspecified atom stereocenters. The van der Waals surface area contributed by atoms with Gasteiger partial charge >= 0.3 is 0 Å². The number of hydrogen-bond acceptors (Lipinski definition) is 5. The van der Waals surface area contributed by atoms with Gasteiger partial charge in [0.05, 0.1) is 30.8 Å². The molecule has 0 amide bonds. The monoisotopic (exact) mass is 263 g/mol. The first-order valence-electron chi connectivity index (χ1n) is 6.05. The molecule has 2 N–H and O–H groups in total. The molecule has 0 aliphatic carbocycles. The van der Waals surface area contributed by atoms with Crippen LogP contribution in [0.2, 0.25) is 0 Å². The third-order valence-corrected chi connectivity index (χ3v) is 3.38. The first-order valence-corrected chi connectivity index (χ1v) is 6.05. The van der Waals surface area contributed by atoms with Crippen molar-refractivity contribution in [3.8, 4) is 0 Å². The fraction of sp³-hybridized carbons (Fsp3) is 0.385. The molecule has 1 aliphatic heterocycles. The fourth-order valence-electron chi connectivity index (χ4n) is 2.08. The van der Waals surface area contributed by atoms with Crippen LogP contribution in [-0.4, -0.2) is 41.4 Å². The smallest absolute Gasteiger partial charge is 0.137 e. The predicted molar refractivity (Wildman–Crippen MR) is 68.3 cm³/mol. The quantitative estimate of drug-likeness (QED) is 0.867. The average Bonchev–Trinajstić information content (AvgIpc) is 2.38. The Hall–Kier alpha value is -1.79. The normalized spacial score (nSPS) is 17.2. The Balaban J connectivity index is 1.86. The summed E-state index contributed by atoms with van der Waals surface area (Å²) in [6, 6.07) is 4.39. The summed E-state index contributed by atoms with van der Waals surface area (Å²) < 4.78 is 18.4. The van der Waals surface area contributed by atoms with Gasteiger partial charge in [0.2, 0.25) is 0 Å². The van der Waals surface area contributed by atoms with Gasteiger partial charge in [0.25, 0.3) is 0 Å².